The third-order valence-electron chi connectivity index (χ3n) is 6.32. The molecule has 3 heterocycles. The number of nitrogens with zero attached hydrogens (tertiary/aromatic N) is 2. The Bertz CT molecular complexity index is 1760. The van der Waals surface area contributed by atoms with Crippen molar-refractivity contribution in [2.45, 2.75) is 26.8 Å². The summed E-state index contributed by atoms with van der Waals surface area (Å²) in [6.45, 7) is 5.67. The molecule has 1 aliphatic heterocycles. The van der Waals surface area contributed by atoms with Crippen molar-refractivity contribution >= 4 is 35.0 Å². The fraction of sp³-hybridized carbons (Fsp3) is 0.207. The summed E-state index contributed by atoms with van der Waals surface area (Å²) in [6.07, 6.45) is 1.69. The van der Waals surface area contributed by atoms with Gasteiger partial charge in [0.1, 0.15) is 23.3 Å². The Morgan fingerprint density at radius 2 is 1.97 bits per heavy atom. The quantitative estimate of drug-likeness (QED) is 0.316. The number of aromatic nitrogens is 1. The highest BCUT2D eigenvalue weighted by molar-refractivity contribution is 7.07. The molecule has 4 aromatic rings. The van der Waals surface area contributed by atoms with Crippen LogP contribution in [0.1, 0.15) is 36.8 Å². The highest BCUT2D eigenvalue weighted by Crippen LogP contribution is 2.35. The van der Waals surface area contributed by atoms with Gasteiger partial charge in [0.05, 0.1) is 29.5 Å². The maximum absolute atomic E-state index is 13.8. The molecule has 1 aliphatic rings. The van der Waals surface area contributed by atoms with Crippen molar-refractivity contribution in [3.05, 3.63) is 107 Å². The number of carbonyl (C=O) groups is 1. The van der Waals surface area contributed by atoms with Gasteiger partial charge in [-0.15, -0.1) is 0 Å². The standard InChI is InChI=1S/C29H25ClN2O5S/c1-5-36-28(34)25-17(3)31-29-32(26(25)20-8-6-7-9-22(20)35-4)27(33)24(38-29)15-19-12-13-23(37-19)21-14-18(30)11-10-16(21)2/h6-15,26H,5H2,1-4H3/b24-15+. The molecule has 2 aromatic heterocycles. The fourth-order valence-corrected chi connectivity index (χ4v) is 5.74. The maximum atomic E-state index is 13.8. The number of carbonyl (C=O) groups excluding carboxylic acids is 1. The Morgan fingerprint density at radius 1 is 1.18 bits per heavy atom. The van der Waals surface area contributed by atoms with Crippen molar-refractivity contribution in [3.8, 4) is 17.1 Å². The Hall–Kier alpha value is -3.88. The predicted octanol–water partition coefficient (Wildman–Crippen LogP) is 5.03. The molecule has 0 saturated carbocycles. The van der Waals surface area contributed by atoms with Crippen LogP contribution < -0.4 is 19.6 Å². The van der Waals surface area contributed by atoms with Gasteiger partial charge in [-0.2, -0.15) is 0 Å². The van der Waals surface area contributed by atoms with Crippen LogP contribution >= 0.6 is 22.9 Å². The second kappa shape index (κ2) is 10.5. The largest absolute Gasteiger partial charge is 0.496 e. The van der Waals surface area contributed by atoms with Crippen molar-refractivity contribution < 1.29 is 18.7 Å². The van der Waals surface area contributed by atoms with E-state index in [1.165, 1.54) is 15.9 Å². The minimum atomic E-state index is -0.759. The smallest absolute Gasteiger partial charge is 0.338 e. The maximum Gasteiger partial charge on any atom is 0.338 e. The van der Waals surface area contributed by atoms with Gasteiger partial charge in [0.2, 0.25) is 0 Å². The van der Waals surface area contributed by atoms with E-state index in [4.69, 9.17) is 25.5 Å². The molecule has 0 spiro atoms. The number of ether oxygens (including phenoxy) is 2. The number of halogens is 1. The van der Waals surface area contributed by atoms with Crippen LogP contribution in [-0.2, 0) is 9.53 Å². The van der Waals surface area contributed by atoms with Gasteiger partial charge in [-0.1, -0.05) is 47.2 Å². The number of aryl methyl sites for hydroxylation is 1. The van der Waals surface area contributed by atoms with Gasteiger partial charge in [0.15, 0.2) is 4.80 Å². The van der Waals surface area contributed by atoms with E-state index in [0.717, 1.165) is 11.1 Å². The van der Waals surface area contributed by atoms with Gasteiger partial charge in [-0.3, -0.25) is 9.36 Å². The van der Waals surface area contributed by atoms with E-state index in [1.54, 1.807) is 39.2 Å². The van der Waals surface area contributed by atoms with Gasteiger partial charge in [0.25, 0.3) is 5.56 Å². The van der Waals surface area contributed by atoms with Crippen LogP contribution in [0.4, 0.5) is 0 Å². The van der Waals surface area contributed by atoms with Crippen molar-refractivity contribution in [1.29, 1.82) is 0 Å². The molecule has 0 amide bonds. The van der Waals surface area contributed by atoms with Crippen molar-refractivity contribution in [2.24, 2.45) is 4.99 Å². The summed E-state index contributed by atoms with van der Waals surface area (Å²) in [5.41, 5.74) is 3.06. The van der Waals surface area contributed by atoms with Crippen LogP contribution in [0.15, 0.2) is 80.1 Å². The lowest BCUT2D eigenvalue weighted by Gasteiger charge is -2.25. The van der Waals surface area contributed by atoms with Crippen LogP contribution in [0, 0.1) is 6.92 Å². The van der Waals surface area contributed by atoms with Crippen molar-refractivity contribution in [1.82, 2.24) is 4.57 Å². The van der Waals surface area contributed by atoms with Crippen LogP contribution in [0.2, 0.25) is 5.02 Å². The van der Waals surface area contributed by atoms with E-state index in [0.29, 0.717) is 48.5 Å². The molecule has 1 unspecified atom stereocenters. The Labute approximate surface area is 227 Å². The van der Waals surface area contributed by atoms with Gasteiger partial charge >= 0.3 is 5.97 Å². The molecule has 0 radical (unpaired) electrons. The van der Waals surface area contributed by atoms with Crippen LogP contribution in [-0.4, -0.2) is 24.3 Å². The zero-order valence-corrected chi connectivity index (χ0v) is 22.9. The summed E-state index contributed by atoms with van der Waals surface area (Å²) in [7, 11) is 1.55. The van der Waals surface area contributed by atoms with E-state index >= 15 is 0 Å². The summed E-state index contributed by atoms with van der Waals surface area (Å²) >= 11 is 7.42. The normalized spacial score (nSPS) is 15.3. The lowest BCUT2D eigenvalue weighted by Crippen LogP contribution is -2.40. The number of furan rings is 1. The topological polar surface area (TPSA) is 83.0 Å². The first kappa shape index (κ1) is 25.8. The van der Waals surface area contributed by atoms with E-state index in [-0.39, 0.29) is 12.2 Å². The molecule has 7 nitrogen and oxygen atoms in total. The zero-order valence-electron chi connectivity index (χ0n) is 21.3. The molecule has 38 heavy (non-hydrogen) atoms. The number of hydrogen-bond acceptors (Lipinski definition) is 7. The number of rotatable bonds is 6. The van der Waals surface area contributed by atoms with Gasteiger partial charge in [0, 0.05) is 22.2 Å². The molecule has 0 aliphatic carbocycles. The molecule has 2 aromatic carbocycles. The summed E-state index contributed by atoms with van der Waals surface area (Å²) in [5, 5.41) is 0.612. The fourth-order valence-electron chi connectivity index (χ4n) is 4.54. The first-order valence-electron chi connectivity index (χ1n) is 12.0. The molecule has 0 N–H and O–H groups in total. The Kier molecular flexibility index (Phi) is 7.10. The number of allylic oxidation sites excluding steroid dienone is 1. The minimum absolute atomic E-state index is 0.200. The highest BCUT2D eigenvalue weighted by atomic mass is 35.5. The monoisotopic (exact) mass is 548 g/mol. The second-order valence-electron chi connectivity index (χ2n) is 8.71. The van der Waals surface area contributed by atoms with Gasteiger partial charge in [-0.05, 0) is 56.7 Å². The summed E-state index contributed by atoms with van der Waals surface area (Å²) in [4.78, 5) is 32.0. The number of methoxy groups -OCH3 is 1. The lowest BCUT2D eigenvalue weighted by atomic mass is 9.95. The summed E-state index contributed by atoms with van der Waals surface area (Å²) in [5.74, 6) is 1.19. The Morgan fingerprint density at radius 3 is 2.74 bits per heavy atom. The molecule has 0 fully saturated rings. The predicted molar refractivity (Wildman–Crippen MR) is 147 cm³/mol. The van der Waals surface area contributed by atoms with Crippen LogP contribution in [0.25, 0.3) is 17.4 Å². The summed E-state index contributed by atoms with van der Waals surface area (Å²) < 4.78 is 19.0. The molecular weight excluding hydrogens is 524 g/mol. The van der Waals surface area contributed by atoms with E-state index in [2.05, 4.69) is 4.99 Å². The second-order valence-corrected chi connectivity index (χ2v) is 10.2. The SMILES string of the molecule is CCOC(=O)C1=C(C)N=c2s/c(=C/c3ccc(-c4cc(Cl)ccc4C)o3)c(=O)n2C1c1ccccc1OC. The van der Waals surface area contributed by atoms with Crippen molar-refractivity contribution in [3.63, 3.8) is 0 Å². The number of benzene rings is 2. The molecule has 194 valence electrons. The lowest BCUT2D eigenvalue weighted by molar-refractivity contribution is -0.139. The number of hydrogen-bond donors (Lipinski definition) is 0. The molecule has 9 heteroatoms. The zero-order chi connectivity index (χ0) is 27.0. The summed E-state index contributed by atoms with van der Waals surface area (Å²) in [6, 6.07) is 15.8. The molecule has 0 bridgehead atoms. The van der Waals surface area contributed by atoms with Gasteiger partial charge in [-0.25, -0.2) is 9.79 Å². The highest BCUT2D eigenvalue weighted by Gasteiger charge is 2.35. The van der Waals surface area contributed by atoms with Crippen LogP contribution in [0.3, 0.4) is 0 Å². The minimum Gasteiger partial charge on any atom is -0.496 e. The first-order chi connectivity index (χ1) is 18.3. The molecule has 0 saturated heterocycles. The number of fused-ring (bicyclic) bond motifs is 1. The molecule has 1 atom stereocenters. The van der Waals surface area contributed by atoms with E-state index < -0.39 is 12.0 Å². The number of esters is 1. The number of para-hydroxylation sites is 1. The van der Waals surface area contributed by atoms with E-state index in [9.17, 15) is 9.59 Å². The molecular formula is C29H25ClN2O5S. The first-order valence-corrected chi connectivity index (χ1v) is 13.2. The van der Waals surface area contributed by atoms with Crippen molar-refractivity contribution in [2.75, 3.05) is 13.7 Å². The van der Waals surface area contributed by atoms with E-state index in [1.807, 2.05) is 49.4 Å². The van der Waals surface area contributed by atoms with Gasteiger partial charge < -0.3 is 13.9 Å². The molecule has 5 rings (SSSR count). The third kappa shape index (κ3) is 4.61. The van der Waals surface area contributed by atoms with Crippen LogP contribution in [0.5, 0.6) is 5.75 Å². The number of thiazole rings is 1. The Balaban J connectivity index is 1.67. The average molecular weight is 549 g/mol. The average Bonchev–Trinajstić information content (AvgIpc) is 3.49. The third-order valence-corrected chi connectivity index (χ3v) is 7.53.